The van der Waals surface area contributed by atoms with Gasteiger partial charge in [0.1, 0.15) is 5.76 Å². The van der Waals surface area contributed by atoms with E-state index in [1.54, 1.807) is 7.11 Å². The number of terminal acetylenes is 1. The predicted molar refractivity (Wildman–Crippen MR) is 77.2 cm³/mol. The Morgan fingerprint density at radius 3 is 2.79 bits per heavy atom. The normalized spacial score (nSPS) is 13.2. The number of furan rings is 1. The molecule has 0 amide bonds. The lowest BCUT2D eigenvalue weighted by Crippen LogP contribution is -2.39. The first-order valence-corrected chi connectivity index (χ1v) is 6.29. The number of benzene rings is 1. The van der Waals surface area contributed by atoms with Crippen molar-refractivity contribution in [1.82, 2.24) is 5.32 Å². The number of nitrogens with one attached hydrogen (secondary N) is 1. The average Bonchev–Trinajstić information content (AvgIpc) is 2.82. The standard InChI is InChI=1S/C16H19NO2/c1-6-16(3,4)17-11(2)14-10-12-8-7-9-13(18-5)15(12)19-14/h1,7-11,17H,2-5H3. The lowest BCUT2D eigenvalue weighted by Gasteiger charge is -2.23. The minimum Gasteiger partial charge on any atom is -0.493 e. The number of hydrogen-bond acceptors (Lipinski definition) is 3. The first-order valence-electron chi connectivity index (χ1n) is 6.29. The zero-order valence-electron chi connectivity index (χ0n) is 11.8. The van der Waals surface area contributed by atoms with E-state index in [1.807, 2.05) is 45.0 Å². The van der Waals surface area contributed by atoms with E-state index in [0.717, 1.165) is 22.5 Å². The van der Waals surface area contributed by atoms with Gasteiger partial charge in [0.05, 0.1) is 18.7 Å². The molecule has 2 aromatic rings. The Morgan fingerprint density at radius 2 is 2.16 bits per heavy atom. The third kappa shape index (κ3) is 2.74. The molecular weight excluding hydrogens is 238 g/mol. The second kappa shape index (κ2) is 4.99. The number of hydrogen-bond donors (Lipinski definition) is 1. The lowest BCUT2D eigenvalue weighted by atomic mass is 10.0. The maximum Gasteiger partial charge on any atom is 0.176 e. The van der Waals surface area contributed by atoms with E-state index in [9.17, 15) is 0 Å². The Kier molecular flexibility index (Phi) is 3.55. The summed E-state index contributed by atoms with van der Waals surface area (Å²) in [5, 5.41) is 4.38. The Bertz CT molecular complexity index is 619. The Labute approximate surface area is 113 Å². The first-order chi connectivity index (χ1) is 8.96. The number of para-hydroxylation sites is 1. The van der Waals surface area contributed by atoms with Crippen LogP contribution >= 0.6 is 0 Å². The molecule has 0 bridgehead atoms. The largest absolute Gasteiger partial charge is 0.493 e. The summed E-state index contributed by atoms with van der Waals surface area (Å²) in [6, 6.07) is 7.89. The summed E-state index contributed by atoms with van der Waals surface area (Å²) in [5.41, 5.74) is 0.398. The van der Waals surface area contributed by atoms with Gasteiger partial charge in [-0.15, -0.1) is 6.42 Å². The van der Waals surface area contributed by atoms with Crippen molar-refractivity contribution in [3.05, 3.63) is 30.0 Å². The van der Waals surface area contributed by atoms with Crippen LogP contribution in [-0.4, -0.2) is 12.6 Å². The fraction of sp³-hybridized carbons (Fsp3) is 0.375. The topological polar surface area (TPSA) is 34.4 Å². The van der Waals surface area contributed by atoms with E-state index in [4.69, 9.17) is 15.6 Å². The molecule has 3 heteroatoms. The molecule has 1 aromatic carbocycles. The smallest absolute Gasteiger partial charge is 0.176 e. The number of methoxy groups -OCH3 is 1. The van der Waals surface area contributed by atoms with Gasteiger partial charge < -0.3 is 9.15 Å². The van der Waals surface area contributed by atoms with Crippen LogP contribution in [0.25, 0.3) is 11.0 Å². The van der Waals surface area contributed by atoms with Crippen molar-refractivity contribution in [3.63, 3.8) is 0 Å². The molecule has 0 fully saturated rings. The molecule has 1 N–H and O–H groups in total. The van der Waals surface area contributed by atoms with E-state index in [2.05, 4.69) is 11.2 Å². The van der Waals surface area contributed by atoms with Crippen LogP contribution in [0.15, 0.2) is 28.7 Å². The second-order valence-electron chi connectivity index (χ2n) is 5.16. The summed E-state index contributed by atoms with van der Waals surface area (Å²) in [7, 11) is 1.64. The molecule has 1 unspecified atom stereocenters. The molecule has 19 heavy (non-hydrogen) atoms. The number of ether oxygens (including phenoxy) is 1. The minimum absolute atomic E-state index is 0.0307. The third-order valence-corrected chi connectivity index (χ3v) is 3.11. The summed E-state index contributed by atoms with van der Waals surface area (Å²) >= 11 is 0. The second-order valence-corrected chi connectivity index (χ2v) is 5.16. The molecule has 0 radical (unpaired) electrons. The van der Waals surface area contributed by atoms with Crippen LogP contribution in [0.2, 0.25) is 0 Å². The van der Waals surface area contributed by atoms with E-state index in [1.165, 1.54) is 0 Å². The SMILES string of the molecule is C#CC(C)(C)NC(C)c1cc2cccc(OC)c2o1. The minimum atomic E-state index is -0.373. The molecule has 0 saturated heterocycles. The fourth-order valence-electron chi connectivity index (χ4n) is 2.08. The summed E-state index contributed by atoms with van der Waals surface area (Å²) in [5.74, 6) is 4.31. The van der Waals surface area contributed by atoms with Crippen molar-refractivity contribution in [2.45, 2.75) is 32.4 Å². The van der Waals surface area contributed by atoms with Gasteiger partial charge in [-0.25, -0.2) is 0 Å². The van der Waals surface area contributed by atoms with Gasteiger partial charge >= 0.3 is 0 Å². The highest BCUT2D eigenvalue weighted by Gasteiger charge is 2.20. The van der Waals surface area contributed by atoms with Gasteiger partial charge in [-0.05, 0) is 32.9 Å². The van der Waals surface area contributed by atoms with Crippen molar-refractivity contribution in [2.75, 3.05) is 7.11 Å². The van der Waals surface area contributed by atoms with Crippen LogP contribution in [0.4, 0.5) is 0 Å². The van der Waals surface area contributed by atoms with Gasteiger partial charge in [0.15, 0.2) is 11.3 Å². The molecule has 0 aliphatic rings. The van der Waals surface area contributed by atoms with Crippen molar-refractivity contribution in [2.24, 2.45) is 0 Å². The molecular formula is C16H19NO2. The van der Waals surface area contributed by atoms with Gasteiger partial charge in [0.2, 0.25) is 0 Å². The maximum absolute atomic E-state index is 5.89. The molecule has 1 heterocycles. The first kappa shape index (κ1) is 13.5. The van der Waals surface area contributed by atoms with Crippen molar-refractivity contribution in [1.29, 1.82) is 0 Å². The Hall–Kier alpha value is -1.92. The molecule has 0 saturated carbocycles. The van der Waals surface area contributed by atoms with E-state index in [0.29, 0.717) is 0 Å². The predicted octanol–water partition coefficient (Wildman–Crippen LogP) is 3.50. The van der Waals surface area contributed by atoms with Crippen molar-refractivity contribution in [3.8, 4) is 18.1 Å². The Balaban J connectivity index is 2.34. The van der Waals surface area contributed by atoms with E-state index < -0.39 is 0 Å². The highest BCUT2D eigenvalue weighted by atomic mass is 16.5. The molecule has 100 valence electrons. The lowest BCUT2D eigenvalue weighted by molar-refractivity contribution is 0.372. The van der Waals surface area contributed by atoms with Crippen molar-refractivity contribution >= 4 is 11.0 Å². The molecule has 1 aromatic heterocycles. The zero-order valence-corrected chi connectivity index (χ0v) is 11.8. The molecule has 2 rings (SSSR count). The number of fused-ring (bicyclic) bond motifs is 1. The molecule has 0 spiro atoms. The van der Waals surface area contributed by atoms with Gasteiger partial charge in [0, 0.05) is 5.39 Å². The zero-order chi connectivity index (χ0) is 14.0. The van der Waals surface area contributed by atoms with Crippen LogP contribution in [0.3, 0.4) is 0 Å². The van der Waals surface area contributed by atoms with Crippen LogP contribution in [0.5, 0.6) is 5.75 Å². The fourth-order valence-corrected chi connectivity index (χ4v) is 2.08. The van der Waals surface area contributed by atoms with E-state index in [-0.39, 0.29) is 11.6 Å². The van der Waals surface area contributed by atoms with Crippen molar-refractivity contribution < 1.29 is 9.15 Å². The van der Waals surface area contributed by atoms with Crippen LogP contribution < -0.4 is 10.1 Å². The van der Waals surface area contributed by atoms with Gasteiger partial charge in [-0.1, -0.05) is 18.1 Å². The maximum atomic E-state index is 5.89. The third-order valence-electron chi connectivity index (χ3n) is 3.11. The summed E-state index contributed by atoms with van der Waals surface area (Å²) < 4.78 is 11.2. The molecule has 1 atom stereocenters. The summed E-state index contributed by atoms with van der Waals surface area (Å²) in [6.45, 7) is 5.96. The monoisotopic (exact) mass is 257 g/mol. The average molecular weight is 257 g/mol. The molecule has 0 aliphatic heterocycles. The molecule has 0 aliphatic carbocycles. The van der Waals surface area contributed by atoms with Gasteiger partial charge in [0.25, 0.3) is 0 Å². The van der Waals surface area contributed by atoms with Crippen LogP contribution in [0.1, 0.15) is 32.6 Å². The summed E-state index contributed by atoms with van der Waals surface area (Å²) in [6.07, 6.45) is 5.49. The van der Waals surface area contributed by atoms with E-state index >= 15 is 0 Å². The van der Waals surface area contributed by atoms with Crippen LogP contribution in [-0.2, 0) is 0 Å². The Morgan fingerprint density at radius 1 is 1.42 bits per heavy atom. The highest BCUT2D eigenvalue weighted by Crippen LogP contribution is 2.31. The highest BCUT2D eigenvalue weighted by molar-refractivity contribution is 5.83. The van der Waals surface area contributed by atoms with Gasteiger partial charge in [-0.2, -0.15) is 0 Å². The molecule has 3 nitrogen and oxygen atoms in total. The van der Waals surface area contributed by atoms with Crippen LogP contribution in [0, 0.1) is 12.3 Å². The quantitative estimate of drug-likeness (QED) is 0.851. The summed E-state index contributed by atoms with van der Waals surface area (Å²) in [4.78, 5) is 0. The van der Waals surface area contributed by atoms with Gasteiger partial charge in [-0.3, -0.25) is 5.32 Å². The number of rotatable bonds is 4.